The Balaban J connectivity index is 2.08. The molecule has 250 valence electrons. The van der Waals surface area contributed by atoms with Gasteiger partial charge >= 0.3 is 6.09 Å². The van der Waals surface area contributed by atoms with Gasteiger partial charge in [0.05, 0.1) is 33.5 Å². The Labute approximate surface area is 260 Å². The number of nitrogens with two attached hydrogens (primary N) is 2. The first-order chi connectivity index (χ1) is 21.2. The summed E-state index contributed by atoms with van der Waals surface area (Å²) in [5.41, 5.74) is 9.50. The van der Waals surface area contributed by atoms with Crippen LogP contribution in [0.2, 0.25) is 0 Å². The lowest BCUT2D eigenvalue weighted by molar-refractivity contribution is -0.156. The molecule has 0 aliphatic carbocycles. The summed E-state index contributed by atoms with van der Waals surface area (Å²) in [5.74, 6) is -2.13. The Bertz CT molecular complexity index is 1260. The van der Waals surface area contributed by atoms with E-state index in [1.165, 1.54) is 45.0 Å². The number of aliphatic hydroxyl groups excluding tert-OH is 2. The van der Waals surface area contributed by atoms with E-state index in [1.54, 1.807) is 12.1 Å². The van der Waals surface area contributed by atoms with Gasteiger partial charge in [-0.3, -0.25) is 19.2 Å². The average Bonchev–Trinajstić information content (AvgIpc) is 3.65. The Morgan fingerprint density at radius 2 is 1.60 bits per heavy atom. The summed E-state index contributed by atoms with van der Waals surface area (Å²) < 4.78 is 21.2. The van der Waals surface area contributed by atoms with E-state index in [-0.39, 0.29) is 32.4 Å². The molecular formula is C29H43N5O11. The molecule has 2 fully saturated rings. The van der Waals surface area contributed by atoms with Crippen LogP contribution in [0.3, 0.4) is 0 Å². The van der Waals surface area contributed by atoms with E-state index in [1.807, 2.05) is 0 Å². The largest absolute Gasteiger partial charge is 0.493 e. The second-order valence-corrected chi connectivity index (χ2v) is 11.2. The van der Waals surface area contributed by atoms with Crippen molar-refractivity contribution in [3.63, 3.8) is 0 Å². The van der Waals surface area contributed by atoms with Crippen molar-refractivity contribution in [2.45, 2.75) is 81.9 Å². The van der Waals surface area contributed by atoms with Crippen LogP contribution in [0, 0.1) is 0 Å². The van der Waals surface area contributed by atoms with Crippen molar-refractivity contribution in [3.8, 4) is 17.2 Å². The summed E-state index contributed by atoms with van der Waals surface area (Å²) in [4.78, 5) is 68.1. The van der Waals surface area contributed by atoms with Gasteiger partial charge < -0.3 is 55.7 Å². The van der Waals surface area contributed by atoms with Gasteiger partial charge in [0.25, 0.3) is 5.91 Å². The van der Waals surface area contributed by atoms with Crippen molar-refractivity contribution in [3.05, 3.63) is 17.7 Å². The standard InChI is InChI=1S/C29H43N5O11/c1-15(35)21(24(30)37)32-27(40)29(14-17-12-19(42-3)23(44-5)20(13-17)43-4)9-7-11-34(29)25(38)18-8-6-10-33(18)26(39)22(16(2)36)45-28(31)41/h12-13,15-16,18,21-22,35-36H,6-11,14H2,1-5H3,(H2,30,37)(H2,31,41)(H,32,40)/t15-,16-,18+,21+,22+,29?/m1/s1. The van der Waals surface area contributed by atoms with E-state index in [9.17, 15) is 34.2 Å². The zero-order chi connectivity index (χ0) is 33.6. The number of carbonyl (C=O) groups excluding carboxylic acids is 5. The van der Waals surface area contributed by atoms with E-state index >= 15 is 0 Å². The number of nitrogens with one attached hydrogen (secondary N) is 1. The number of ether oxygens (including phenoxy) is 4. The molecule has 2 aliphatic heterocycles. The summed E-state index contributed by atoms with van der Waals surface area (Å²) in [6.07, 6.45) is -4.50. The second-order valence-electron chi connectivity index (χ2n) is 11.2. The van der Waals surface area contributed by atoms with Crippen molar-refractivity contribution in [1.82, 2.24) is 15.1 Å². The number of hydrogen-bond acceptors (Lipinski definition) is 11. The number of rotatable bonds is 13. The van der Waals surface area contributed by atoms with Gasteiger partial charge in [0.15, 0.2) is 11.5 Å². The molecule has 2 heterocycles. The van der Waals surface area contributed by atoms with E-state index in [0.717, 1.165) is 0 Å². The third kappa shape index (κ3) is 7.33. The molecule has 2 saturated heterocycles. The van der Waals surface area contributed by atoms with Crippen molar-refractivity contribution >= 4 is 29.7 Å². The van der Waals surface area contributed by atoms with Gasteiger partial charge in [0, 0.05) is 19.5 Å². The summed E-state index contributed by atoms with van der Waals surface area (Å²) in [6, 6.07) is 0.771. The van der Waals surface area contributed by atoms with Crippen molar-refractivity contribution < 1.29 is 53.1 Å². The summed E-state index contributed by atoms with van der Waals surface area (Å²) in [5, 5.41) is 22.9. The summed E-state index contributed by atoms with van der Waals surface area (Å²) in [7, 11) is 4.31. The smallest absolute Gasteiger partial charge is 0.405 e. The highest BCUT2D eigenvalue weighted by Crippen LogP contribution is 2.42. The predicted octanol–water partition coefficient (Wildman–Crippen LogP) is -1.20. The highest BCUT2D eigenvalue weighted by Gasteiger charge is 2.53. The second kappa shape index (κ2) is 14.6. The lowest BCUT2D eigenvalue weighted by atomic mass is 9.85. The van der Waals surface area contributed by atoms with Gasteiger partial charge in [-0.2, -0.15) is 0 Å². The van der Waals surface area contributed by atoms with Crippen LogP contribution in [0.1, 0.15) is 45.1 Å². The van der Waals surface area contributed by atoms with Crippen LogP contribution in [0.25, 0.3) is 0 Å². The summed E-state index contributed by atoms with van der Waals surface area (Å²) >= 11 is 0. The maximum Gasteiger partial charge on any atom is 0.405 e. The first-order valence-electron chi connectivity index (χ1n) is 14.6. The fraction of sp³-hybridized carbons (Fsp3) is 0.621. The molecule has 5 amide bonds. The van der Waals surface area contributed by atoms with Crippen molar-refractivity contribution in [2.24, 2.45) is 11.5 Å². The molecule has 0 radical (unpaired) electrons. The van der Waals surface area contributed by atoms with E-state index < -0.39 is 65.7 Å². The zero-order valence-corrected chi connectivity index (χ0v) is 26.1. The van der Waals surface area contributed by atoms with Crippen LogP contribution < -0.4 is 31.0 Å². The van der Waals surface area contributed by atoms with Crippen LogP contribution in [0.5, 0.6) is 17.2 Å². The van der Waals surface area contributed by atoms with Gasteiger partial charge in [-0.25, -0.2) is 4.79 Å². The number of carbonyl (C=O) groups is 5. The lowest BCUT2D eigenvalue weighted by Crippen LogP contribution is -2.65. The molecule has 0 saturated carbocycles. The Morgan fingerprint density at radius 1 is 0.978 bits per heavy atom. The molecule has 2 aliphatic rings. The molecule has 0 spiro atoms. The van der Waals surface area contributed by atoms with Crippen molar-refractivity contribution in [2.75, 3.05) is 34.4 Å². The third-order valence-corrected chi connectivity index (χ3v) is 8.22. The molecule has 16 heteroatoms. The molecule has 6 atom stereocenters. The fourth-order valence-corrected chi connectivity index (χ4v) is 6.09. The molecule has 1 aromatic rings. The lowest BCUT2D eigenvalue weighted by Gasteiger charge is -2.41. The number of aliphatic hydroxyl groups is 2. The molecule has 3 rings (SSSR count). The average molecular weight is 638 g/mol. The number of amides is 5. The Morgan fingerprint density at radius 3 is 2.09 bits per heavy atom. The van der Waals surface area contributed by atoms with Crippen LogP contribution in [-0.4, -0.2) is 120 Å². The minimum atomic E-state index is -1.64. The highest BCUT2D eigenvalue weighted by molar-refractivity contribution is 5.98. The number of hydrogen-bond donors (Lipinski definition) is 5. The SMILES string of the molecule is COc1cc(CC2(C(=O)N[C@H](C(N)=O)[C@@H](C)O)CCCN2C(=O)[C@@H]2CCCN2C(=O)[C@@H](OC(N)=O)[C@@H](C)O)cc(OC)c1OC. The topological polar surface area (TPSA) is 233 Å². The maximum atomic E-state index is 14.3. The minimum absolute atomic E-state index is 0.0751. The number of methoxy groups -OCH3 is 3. The number of primary amides is 2. The minimum Gasteiger partial charge on any atom is -0.493 e. The summed E-state index contributed by atoms with van der Waals surface area (Å²) in [6.45, 7) is 2.81. The molecule has 16 nitrogen and oxygen atoms in total. The first kappa shape index (κ1) is 35.2. The molecule has 0 aromatic heterocycles. The van der Waals surface area contributed by atoms with Gasteiger partial charge in [-0.15, -0.1) is 0 Å². The van der Waals surface area contributed by atoms with Gasteiger partial charge in [0.2, 0.25) is 29.6 Å². The Hall–Kier alpha value is -4.31. The molecule has 7 N–H and O–H groups in total. The fourth-order valence-electron chi connectivity index (χ4n) is 6.09. The Kier molecular flexibility index (Phi) is 11.4. The molecule has 1 aromatic carbocycles. The van der Waals surface area contributed by atoms with Gasteiger partial charge in [-0.05, 0) is 57.2 Å². The van der Waals surface area contributed by atoms with E-state index in [4.69, 9.17) is 30.4 Å². The molecule has 1 unspecified atom stereocenters. The molecule has 0 bridgehead atoms. The van der Waals surface area contributed by atoms with Crippen molar-refractivity contribution in [1.29, 1.82) is 0 Å². The number of benzene rings is 1. The van der Waals surface area contributed by atoms with Gasteiger partial charge in [-0.1, -0.05) is 0 Å². The number of nitrogens with zero attached hydrogens (tertiary/aromatic N) is 2. The van der Waals surface area contributed by atoms with E-state index in [0.29, 0.717) is 35.7 Å². The molecule has 45 heavy (non-hydrogen) atoms. The normalized spacial score (nSPS) is 22.2. The van der Waals surface area contributed by atoms with Gasteiger partial charge in [0.1, 0.15) is 17.6 Å². The van der Waals surface area contributed by atoms with Crippen LogP contribution in [0.15, 0.2) is 12.1 Å². The monoisotopic (exact) mass is 637 g/mol. The van der Waals surface area contributed by atoms with Crippen LogP contribution >= 0.6 is 0 Å². The molecular weight excluding hydrogens is 594 g/mol. The maximum absolute atomic E-state index is 14.3. The quantitative estimate of drug-likeness (QED) is 0.172. The third-order valence-electron chi connectivity index (χ3n) is 8.22. The first-order valence-corrected chi connectivity index (χ1v) is 14.6. The number of likely N-dealkylation sites (tertiary alicyclic amines) is 2. The van der Waals surface area contributed by atoms with E-state index in [2.05, 4.69) is 5.32 Å². The zero-order valence-electron chi connectivity index (χ0n) is 26.1. The highest BCUT2D eigenvalue weighted by atomic mass is 16.6. The van der Waals surface area contributed by atoms with Crippen LogP contribution in [-0.2, 0) is 30.3 Å². The predicted molar refractivity (Wildman–Crippen MR) is 157 cm³/mol. The van der Waals surface area contributed by atoms with Crippen LogP contribution in [0.4, 0.5) is 4.79 Å².